The van der Waals surface area contributed by atoms with Crippen LogP contribution >= 0.6 is 11.3 Å². The van der Waals surface area contributed by atoms with Gasteiger partial charge >= 0.3 is 4.87 Å². The van der Waals surface area contributed by atoms with E-state index in [4.69, 9.17) is 4.74 Å². The number of aromatic nitrogens is 1. The highest BCUT2D eigenvalue weighted by Crippen LogP contribution is 2.22. The molecule has 0 aliphatic heterocycles. The van der Waals surface area contributed by atoms with E-state index in [1.807, 2.05) is 54.6 Å². The summed E-state index contributed by atoms with van der Waals surface area (Å²) in [5, 5.41) is 11.1. The quantitative estimate of drug-likeness (QED) is 0.802. The number of ether oxygens (including phenoxy) is 1. The first kappa shape index (κ1) is 13.5. The van der Waals surface area contributed by atoms with Gasteiger partial charge in [0.05, 0.1) is 11.9 Å². The molecule has 1 aromatic heterocycles. The number of thiazole rings is 1. The largest absolute Gasteiger partial charge is 0.494 e. The van der Waals surface area contributed by atoms with Gasteiger partial charge in [-0.25, -0.2) is 0 Å². The van der Waals surface area contributed by atoms with Gasteiger partial charge in [0.25, 0.3) is 0 Å². The van der Waals surface area contributed by atoms with E-state index in [0.717, 1.165) is 22.6 Å². The molecule has 0 atom stereocenters. The van der Waals surface area contributed by atoms with Crippen LogP contribution in [-0.4, -0.2) is 9.67 Å². The molecule has 3 aromatic rings. The lowest BCUT2D eigenvalue weighted by atomic mass is 10.2. The first-order valence-electron chi connectivity index (χ1n) is 6.41. The van der Waals surface area contributed by atoms with Crippen LogP contribution in [0.3, 0.4) is 0 Å². The summed E-state index contributed by atoms with van der Waals surface area (Å²) in [6, 6.07) is 17.0. The molecule has 4 nitrogen and oxygen atoms in total. The smallest absolute Gasteiger partial charge is 0.310 e. The zero-order chi connectivity index (χ0) is 14.7. The van der Waals surface area contributed by atoms with Gasteiger partial charge in [-0.05, 0) is 29.8 Å². The highest BCUT2D eigenvalue weighted by atomic mass is 32.1. The molecule has 0 saturated heterocycles. The second-order valence-corrected chi connectivity index (χ2v) is 5.33. The maximum atomic E-state index is 11.6. The van der Waals surface area contributed by atoms with Crippen LogP contribution in [0.5, 0.6) is 17.4 Å². The lowest BCUT2D eigenvalue weighted by molar-refractivity contribution is 0.421. The number of nitrogens with zero attached hydrogens (tertiary/aromatic N) is 1. The molecule has 0 aliphatic rings. The normalized spacial score (nSPS) is 10.5. The molecule has 2 aromatic carbocycles. The molecule has 0 unspecified atom stereocenters. The van der Waals surface area contributed by atoms with E-state index >= 15 is 0 Å². The van der Waals surface area contributed by atoms with E-state index in [1.165, 1.54) is 9.95 Å². The van der Waals surface area contributed by atoms with Crippen molar-refractivity contribution in [2.45, 2.75) is 6.54 Å². The van der Waals surface area contributed by atoms with Gasteiger partial charge in [-0.1, -0.05) is 41.7 Å². The summed E-state index contributed by atoms with van der Waals surface area (Å²) in [5.74, 6) is 1.44. The summed E-state index contributed by atoms with van der Waals surface area (Å²) in [4.78, 5) is 11.4. The number of para-hydroxylation sites is 1. The van der Waals surface area contributed by atoms with Gasteiger partial charge in [0, 0.05) is 0 Å². The van der Waals surface area contributed by atoms with Crippen LogP contribution in [0.15, 0.2) is 64.8 Å². The maximum Gasteiger partial charge on any atom is 0.310 e. The van der Waals surface area contributed by atoms with Crippen LogP contribution in [0.1, 0.15) is 5.56 Å². The van der Waals surface area contributed by atoms with Crippen LogP contribution in [0, 0.1) is 0 Å². The van der Waals surface area contributed by atoms with Gasteiger partial charge in [0.2, 0.25) is 5.88 Å². The molecule has 0 spiro atoms. The third-order valence-corrected chi connectivity index (χ3v) is 3.73. The monoisotopic (exact) mass is 299 g/mol. The molecule has 1 N–H and O–H groups in total. The molecule has 0 saturated carbocycles. The minimum absolute atomic E-state index is 0.0145. The van der Waals surface area contributed by atoms with E-state index < -0.39 is 0 Å². The van der Waals surface area contributed by atoms with Crippen molar-refractivity contribution in [3.63, 3.8) is 0 Å². The molecule has 106 valence electrons. The molecule has 3 rings (SSSR count). The van der Waals surface area contributed by atoms with Crippen molar-refractivity contribution in [2.24, 2.45) is 0 Å². The Bertz CT molecular complexity index is 793. The van der Waals surface area contributed by atoms with E-state index in [1.54, 1.807) is 0 Å². The summed E-state index contributed by atoms with van der Waals surface area (Å²) in [6.07, 6.45) is 0. The molecular weight excluding hydrogens is 286 g/mol. The lowest BCUT2D eigenvalue weighted by Crippen LogP contribution is -2.13. The predicted molar refractivity (Wildman–Crippen MR) is 82.3 cm³/mol. The Balaban J connectivity index is 1.82. The number of rotatable bonds is 4. The molecule has 0 amide bonds. The van der Waals surface area contributed by atoms with Crippen molar-refractivity contribution < 1.29 is 9.84 Å². The maximum absolute atomic E-state index is 11.6. The minimum atomic E-state index is -0.179. The van der Waals surface area contributed by atoms with Crippen LogP contribution < -0.4 is 9.61 Å². The van der Waals surface area contributed by atoms with Crippen molar-refractivity contribution in [3.8, 4) is 17.4 Å². The summed E-state index contributed by atoms with van der Waals surface area (Å²) >= 11 is 0.983. The lowest BCUT2D eigenvalue weighted by Gasteiger charge is -2.08. The van der Waals surface area contributed by atoms with Crippen molar-refractivity contribution >= 4 is 11.3 Å². The second kappa shape index (κ2) is 5.85. The van der Waals surface area contributed by atoms with Crippen molar-refractivity contribution in [1.29, 1.82) is 0 Å². The van der Waals surface area contributed by atoms with Crippen LogP contribution in [-0.2, 0) is 6.54 Å². The number of benzene rings is 2. The molecule has 5 heteroatoms. The average Bonchev–Trinajstić information content (AvgIpc) is 2.81. The van der Waals surface area contributed by atoms with E-state index in [0.29, 0.717) is 12.3 Å². The highest BCUT2D eigenvalue weighted by Gasteiger charge is 2.06. The van der Waals surface area contributed by atoms with Gasteiger partial charge in [0.15, 0.2) is 0 Å². The Kier molecular flexibility index (Phi) is 3.75. The van der Waals surface area contributed by atoms with Gasteiger partial charge in [-0.15, -0.1) is 0 Å². The fourth-order valence-electron chi connectivity index (χ4n) is 1.98. The third-order valence-electron chi connectivity index (χ3n) is 2.98. The Morgan fingerprint density at radius 1 is 1.05 bits per heavy atom. The average molecular weight is 299 g/mol. The SMILES string of the molecule is O=c1scc(O)n1Cc1cccc(Oc2ccccc2)c1. The molecule has 21 heavy (non-hydrogen) atoms. The van der Waals surface area contributed by atoms with Crippen LogP contribution in [0.2, 0.25) is 0 Å². The van der Waals surface area contributed by atoms with Gasteiger partial charge in [-0.2, -0.15) is 0 Å². The van der Waals surface area contributed by atoms with Crippen molar-refractivity contribution in [1.82, 2.24) is 4.57 Å². The zero-order valence-electron chi connectivity index (χ0n) is 11.1. The molecule has 0 fully saturated rings. The fourth-order valence-corrected chi connectivity index (χ4v) is 2.60. The number of aromatic hydroxyl groups is 1. The standard InChI is InChI=1S/C16H13NO3S/c18-15-11-21-16(19)17(15)10-12-5-4-8-14(9-12)20-13-6-2-1-3-7-13/h1-9,11,18H,10H2. The predicted octanol–water partition coefficient (Wildman–Crippen LogP) is 3.46. The Hall–Kier alpha value is -2.53. The molecule has 1 heterocycles. The Morgan fingerprint density at radius 2 is 1.81 bits per heavy atom. The van der Waals surface area contributed by atoms with Crippen LogP contribution in [0.4, 0.5) is 0 Å². The van der Waals surface area contributed by atoms with Gasteiger partial charge in [0.1, 0.15) is 11.5 Å². The zero-order valence-corrected chi connectivity index (χ0v) is 11.9. The minimum Gasteiger partial charge on any atom is -0.494 e. The van der Waals surface area contributed by atoms with Crippen LogP contribution in [0.25, 0.3) is 0 Å². The van der Waals surface area contributed by atoms with Crippen molar-refractivity contribution in [3.05, 3.63) is 75.2 Å². The van der Waals surface area contributed by atoms with E-state index in [-0.39, 0.29) is 10.8 Å². The summed E-state index contributed by atoms with van der Waals surface area (Å²) in [5.41, 5.74) is 0.888. The summed E-state index contributed by atoms with van der Waals surface area (Å²) < 4.78 is 7.08. The summed E-state index contributed by atoms with van der Waals surface area (Å²) in [7, 11) is 0. The molecule has 0 radical (unpaired) electrons. The van der Waals surface area contributed by atoms with Crippen molar-refractivity contribution in [2.75, 3.05) is 0 Å². The second-order valence-electron chi connectivity index (χ2n) is 4.51. The number of hydrogen-bond acceptors (Lipinski definition) is 4. The van der Waals surface area contributed by atoms with E-state index in [2.05, 4.69) is 0 Å². The van der Waals surface area contributed by atoms with Gasteiger partial charge < -0.3 is 9.84 Å². The van der Waals surface area contributed by atoms with E-state index in [9.17, 15) is 9.90 Å². The number of hydrogen-bond donors (Lipinski definition) is 1. The Morgan fingerprint density at radius 3 is 2.52 bits per heavy atom. The first-order valence-corrected chi connectivity index (χ1v) is 7.29. The molecular formula is C16H13NO3S. The topological polar surface area (TPSA) is 51.5 Å². The molecule has 0 aliphatic carbocycles. The fraction of sp³-hybridized carbons (Fsp3) is 0.0625. The molecule has 0 bridgehead atoms. The highest BCUT2D eigenvalue weighted by molar-refractivity contribution is 7.07. The van der Waals surface area contributed by atoms with Gasteiger partial charge in [-0.3, -0.25) is 9.36 Å². The first-order chi connectivity index (χ1) is 10.2. The Labute approximate surface area is 125 Å². The summed E-state index contributed by atoms with van der Waals surface area (Å²) in [6.45, 7) is 0.320. The third kappa shape index (κ3) is 3.14.